The highest BCUT2D eigenvalue weighted by Crippen LogP contribution is 2.29. The summed E-state index contributed by atoms with van der Waals surface area (Å²) >= 11 is 0. The van der Waals surface area contributed by atoms with Crippen molar-refractivity contribution in [2.75, 3.05) is 6.54 Å². The number of rotatable bonds is 5. The van der Waals surface area contributed by atoms with E-state index in [0.717, 1.165) is 24.8 Å². The summed E-state index contributed by atoms with van der Waals surface area (Å²) in [5.74, 6) is -0.398. The highest BCUT2D eigenvalue weighted by molar-refractivity contribution is 7.89. The molecule has 1 aliphatic rings. The lowest BCUT2D eigenvalue weighted by molar-refractivity contribution is -0.120. The molecule has 1 atom stereocenters. The second-order valence-electron chi connectivity index (χ2n) is 6.14. The van der Waals surface area contributed by atoms with E-state index in [9.17, 15) is 13.2 Å². The Bertz CT molecular complexity index is 964. The van der Waals surface area contributed by atoms with E-state index in [2.05, 4.69) is 16.1 Å². The molecule has 0 aromatic heterocycles. The predicted molar refractivity (Wildman–Crippen MR) is 96.6 cm³/mol. The third-order valence-corrected chi connectivity index (χ3v) is 5.88. The van der Waals surface area contributed by atoms with Crippen LogP contribution in [0.4, 0.5) is 0 Å². The first-order valence-electron chi connectivity index (χ1n) is 8.37. The van der Waals surface area contributed by atoms with Crippen LogP contribution < -0.4 is 10.0 Å². The van der Waals surface area contributed by atoms with E-state index in [1.165, 1.54) is 23.8 Å². The molecule has 0 saturated heterocycles. The highest BCUT2D eigenvalue weighted by atomic mass is 32.2. The van der Waals surface area contributed by atoms with Crippen LogP contribution in [0.3, 0.4) is 0 Å². The number of fused-ring (bicyclic) bond motifs is 1. The number of hydrogen-bond acceptors (Lipinski definition) is 4. The summed E-state index contributed by atoms with van der Waals surface area (Å²) in [7, 11) is -3.93. The maximum absolute atomic E-state index is 12.4. The Hall–Kier alpha value is -2.69. The number of amides is 1. The van der Waals surface area contributed by atoms with Crippen molar-refractivity contribution in [3.05, 3.63) is 65.2 Å². The highest BCUT2D eigenvalue weighted by Gasteiger charge is 2.23. The van der Waals surface area contributed by atoms with E-state index >= 15 is 0 Å². The van der Waals surface area contributed by atoms with Gasteiger partial charge in [-0.25, -0.2) is 13.1 Å². The van der Waals surface area contributed by atoms with Gasteiger partial charge in [0.2, 0.25) is 15.9 Å². The van der Waals surface area contributed by atoms with Gasteiger partial charge in [-0.05, 0) is 42.5 Å². The molecule has 26 heavy (non-hydrogen) atoms. The van der Waals surface area contributed by atoms with Crippen LogP contribution in [0.1, 0.15) is 35.6 Å². The minimum Gasteiger partial charge on any atom is -0.348 e. The average Bonchev–Trinajstić information content (AvgIpc) is 2.67. The molecule has 1 amide bonds. The first-order chi connectivity index (χ1) is 12.5. The van der Waals surface area contributed by atoms with Gasteiger partial charge in [-0.2, -0.15) is 5.26 Å². The lowest BCUT2D eigenvalue weighted by atomic mass is 9.88. The topological polar surface area (TPSA) is 99.1 Å². The van der Waals surface area contributed by atoms with Gasteiger partial charge in [0.25, 0.3) is 0 Å². The van der Waals surface area contributed by atoms with Crippen LogP contribution in [0, 0.1) is 11.3 Å². The molecule has 2 aromatic carbocycles. The van der Waals surface area contributed by atoms with Gasteiger partial charge in [0, 0.05) is 0 Å². The molecule has 6 nitrogen and oxygen atoms in total. The zero-order valence-electron chi connectivity index (χ0n) is 14.1. The van der Waals surface area contributed by atoms with Crippen molar-refractivity contribution in [1.29, 1.82) is 5.26 Å². The minimum absolute atomic E-state index is 0.0432. The number of hydrogen-bond donors (Lipinski definition) is 2. The molecule has 0 bridgehead atoms. The van der Waals surface area contributed by atoms with E-state index in [4.69, 9.17) is 5.26 Å². The molecule has 0 spiro atoms. The Morgan fingerprint density at radius 2 is 1.88 bits per heavy atom. The molecule has 1 aliphatic carbocycles. The number of nitrogens with one attached hydrogen (secondary N) is 2. The summed E-state index contributed by atoms with van der Waals surface area (Å²) in [4.78, 5) is 12.1. The van der Waals surface area contributed by atoms with Crippen LogP contribution in [-0.4, -0.2) is 20.9 Å². The number of nitrogens with zero attached hydrogens (tertiary/aromatic N) is 1. The van der Waals surface area contributed by atoms with Crippen LogP contribution in [-0.2, 0) is 21.2 Å². The summed E-state index contributed by atoms with van der Waals surface area (Å²) < 4.78 is 27.0. The Morgan fingerprint density at radius 3 is 2.69 bits per heavy atom. The first-order valence-corrected chi connectivity index (χ1v) is 9.85. The quantitative estimate of drug-likeness (QED) is 0.842. The Labute approximate surface area is 152 Å². The molecule has 7 heteroatoms. The SMILES string of the molecule is N#Cc1ccccc1S(=O)(=O)NCC(=O)N[C@@H]1CCCc2ccccc21. The third kappa shape index (κ3) is 3.93. The van der Waals surface area contributed by atoms with Crippen molar-refractivity contribution in [1.82, 2.24) is 10.0 Å². The van der Waals surface area contributed by atoms with E-state index in [1.807, 2.05) is 24.3 Å². The number of benzene rings is 2. The molecule has 0 heterocycles. The molecule has 2 aromatic rings. The maximum atomic E-state index is 12.4. The fourth-order valence-electron chi connectivity index (χ4n) is 3.18. The first kappa shape index (κ1) is 18.1. The standard InChI is InChI=1S/C19H19N3O3S/c20-12-15-7-2-4-11-18(15)26(24,25)21-13-19(23)22-17-10-5-8-14-6-1-3-9-16(14)17/h1-4,6-7,9,11,17,21H,5,8,10,13H2,(H,22,23)/t17-/m1/s1. The Balaban J connectivity index is 1.66. The summed E-state index contributed by atoms with van der Waals surface area (Å²) in [6.07, 6.45) is 2.79. The number of sulfonamides is 1. The summed E-state index contributed by atoms with van der Waals surface area (Å²) in [5, 5.41) is 11.9. The smallest absolute Gasteiger partial charge is 0.242 e. The van der Waals surface area contributed by atoms with Gasteiger partial charge < -0.3 is 5.32 Å². The average molecular weight is 369 g/mol. The zero-order chi connectivity index (χ0) is 18.6. The van der Waals surface area contributed by atoms with E-state index in [-0.39, 0.29) is 23.0 Å². The summed E-state index contributed by atoms with van der Waals surface area (Å²) in [6.45, 7) is -0.374. The van der Waals surface area contributed by atoms with E-state index < -0.39 is 15.9 Å². The van der Waals surface area contributed by atoms with Gasteiger partial charge in [0.15, 0.2) is 0 Å². The Kier molecular flexibility index (Phi) is 5.35. The maximum Gasteiger partial charge on any atom is 0.242 e. The van der Waals surface area contributed by atoms with Crippen LogP contribution in [0.5, 0.6) is 0 Å². The van der Waals surface area contributed by atoms with E-state index in [0.29, 0.717) is 0 Å². The van der Waals surface area contributed by atoms with Gasteiger partial charge in [0.1, 0.15) is 6.07 Å². The van der Waals surface area contributed by atoms with Crippen LogP contribution in [0.2, 0.25) is 0 Å². The predicted octanol–water partition coefficient (Wildman–Crippen LogP) is 2.03. The fourth-order valence-corrected chi connectivity index (χ4v) is 4.32. The molecular weight excluding hydrogens is 350 g/mol. The van der Waals surface area contributed by atoms with Crippen molar-refractivity contribution in [3.63, 3.8) is 0 Å². The number of carbonyl (C=O) groups excluding carboxylic acids is 1. The van der Waals surface area contributed by atoms with Crippen molar-refractivity contribution in [2.24, 2.45) is 0 Å². The molecular formula is C19H19N3O3S. The molecule has 0 saturated carbocycles. The Morgan fingerprint density at radius 1 is 1.15 bits per heavy atom. The van der Waals surface area contributed by atoms with Crippen molar-refractivity contribution in [2.45, 2.75) is 30.2 Å². The normalized spacial score (nSPS) is 16.3. The molecule has 0 fully saturated rings. The van der Waals surface area contributed by atoms with Crippen molar-refractivity contribution >= 4 is 15.9 Å². The second-order valence-corrected chi connectivity index (χ2v) is 7.88. The number of aryl methyl sites for hydroxylation is 1. The third-order valence-electron chi connectivity index (χ3n) is 4.42. The molecule has 3 rings (SSSR count). The van der Waals surface area contributed by atoms with Gasteiger partial charge in [-0.15, -0.1) is 0 Å². The largest absolute Gasteiger partial charge is 0.348 e. The zero-order valence-corrected chi connectivity index (χ0v) is 14.9. The molecule has 134 valence electrons. The summed E-state index contributed by atoms with van der Waals surface area (Å²) in [5.41, 5.74) is 2.35. The second kappa shape index (κ2) is 7.68. The minimum atomic E-state index is -3.93. The molecule has 0 aliphatic heterocycles. The van der Waals surface area contributed by atoms with Gasteiger partial charge in [-0.3, -0.25) is 4.79 Å². The van der Waals surface area contributed by atoms with Crippen LogP contribution in [0.25, 0.3) is 0 Å². The lowest BCUT2D eigenvalue weighted by Gasteiger charge is -2.26. The lowest BCUT2D eigenvalue weighted by Crippen LogP contribution is -2.39. The van der Waals surface area contributed by atoms with Crippen LogP contribution >= 0.6 is 0 Å². The van der Waals surface area contributed by atoms with Gasteiger partial charge in [0.05, 0.1) is 23.0 Å². The molecule has 0 radical (unpaired) electrons. The monoisotopic (exact) mass is 369 g/mol. The van der Waals surface area contributed by atoms with Crippen LogP contribution in [0.15, 0.2) is 53.4 Å². The van der Waals surface area contributed by atoms with Gasteiger partial charge in [-0.1, -0.05) is 36.4 Å². The van der Waals surface area contributed by atoms with Crippen molar-refractivity contribution in [3.8, 4) is 6.07 Å². The van der Waals surface area contributed by atoms with E-state index in [1.54, 1.807) is 6.07 Å². The number of nitriles is 1. The van der Waals surface area contributed by atoms with Gasteiger partial charge >= 0.3 is 0 Å². The number of carbonyl (C=O) groups is 1. The molecule has 0 unspecified atom stereocenters. The van der Waals surface area contributed by atoms with Crippen molar-refractivity contribution < 1.29 is 13.2 Å². The fraction of sp³-hybridized carbons (Fsp3) is 0.263. The molecule has 2 N–H and O–H groups in total. The summed E-state index contributed by atoms with van der Waals surface area (Å²) in [6, 6.07) is 15.6.